The zero-order chi connectivity index (χ0) is 21.1. The van der Waals surface area contributed by atoms with Gasteiger partial charge in [-0.2, -0.15) is 0 Å². The van der Waals surface area contributed by atoms with E-state index in [0.29, 0.717) is 6.61 Å². The van der Waals surface area contributed by atoms with Gasteiger partial charge in [0.25, 0.3) is 0 Å². The highest BCUT2D eigenvalue weighted by molar-refractivity contribution is 5.83. The van der Waals surface area contributed by atoms with Crippen LogP contribution in [0, 0.1) is 34.0 Å². The molecular formula is C21H30O8. The van der Waals surface area contributed by atoms with Crippen molar-refractivity contribution in [3.63, 3.8) is 0 Å². The van der Waals surface area contributed by atoms with Crippen molar-refractivity contribution >= 4 is 11.9 Å². The van der Waals surface area contributed by atoms with Crippen molar-refractivity contribution in [2.24, 2.45) is 34.0 Å². The summed E-state index contributed by atoms with van der Waals surface area (Å²) in [5, 5.41) is 23.2. The lowest BCUT2D eigenvalue weighted by Gasteiger charge is -2.47. The predicted molar refractivity (Wildman–Crippen MR) is 97.1 cm³/mol. The Bertz CT molecular complexity index is 760. The smallest absolute Gasteiger partial charge is 0.336 e. The van der Waals surface area contributed by atoms with Crippen LogP contribution in [0.15, 0.2) is 0 Å². The number of rotatable bonds is 2. The van der Waals surface area contributed by atoms with Crippen molar-refractivity contribution in [3.8, 4) is 0 Å². The van der Waals surface area contributed by atoms with Crippen LogP contribution in [-0.2, 0) is 28.5 Å². The largest absolute Gasteiger partial charge is 0.457 e. The summed E-state index contributed by atoms with van der Waals surface area (Å²) in [5.41, 5.74) is -2.83. The molecule has 8 nitrogen and oxygen atoms in total. The molecule has 5 rings (SSSR count). The molecule has 4 heterocycles. The molecule has 7 unspecified atom stereocenters. The third-order valence-electron chi connectivity index (χ3n) is 8.43. The Kier molecular flexibility index (Phi) is 3.89. The minimum atomic E-state index is -1.30. The van der Waals surface area contributed by atoms with Crippen LogP contribution in [0.2, 0.25) is 0 Å². The fourth-order valence-electron chi connectivity index (χ4n) is 7.31. The van der Waals surface area contributed by atoms with E-state index in [-0.39, 0.29) is 18.3 Å². The van der Waals surface area contributed by atoms with Crippen molar-refractivity contribution < 1.29 is 38.7 Å². The quantitative estimate of drug-likeness (QED) is 0.638. The molecule has 5 fully saturated rings. The molecule has 162 valence electrons. The molecule has 5 aliphatic rings. The van der Waals surface area contributed by atoms with E-state index in [0.717, 1.165) is 0 Å². The van der Waals surface area contributed by atoms with Gasteiger partial charge in [-0.1, -0.05) is 34.6 Å². The number of carbonyl (C=O) groups is 2. The Balaban J connectivity index is 1.73. The Hall–Kier alpha value is -1.22. The van der Waals surface area contributed by atoms with Gasteiger partial charge >= 0.3 is 11.9 Å². The van der Waals surface area contributed by atoms with Gasteiger partial charge in [-0.05, 0) is 17.3 Å². The van der Waals surface area contributed by atoms with Crippen molar-refractivity contribution in [1.29, 1.82) is 0 Å². The first-order valence-corrected chi connectivity index (χ1v) is 10.5. The summed E-state index contributed by atoms with van der Waals surface area (Å²) in [7, 11) is 0. The standard InChI is InChI=1S/C21H30O8/c1-8-7-26-12(9(8)2)14(24)21-15-11(23)13(19(3,4)5)20(21)6-10(22)27-18(20)29-16(21)17(25)28-15/h8-9,11-16,18,23-24H,6-7H2,1-5H3/t8-,9?,11-,12?,13+,14+,15?,16?,18?,20?,21?/m1/s1. The van der Waals surface area contributed by atoms with Crippen molar-refractivity contribution in [1.82, 2.24) is 0 Å². The minimum Gasteiger partial charge on any atom is -0.457 e. The summed E-state index contributed by atoms with van der Waals surface area (Å²) in [6, 6.07) is 0. The fraction of sp³-hybridized carbons (Fsp3) is 0.905. The van der Waals surface area contributed by atoms with Crippen LogP contribution < -0.4 is 0 Å². The van der Waals surface area contributed by atoms with Crippen LogP contribution in [-0.4, -0.2) is 65.6 Å². The van der Waals surface area contributed by atoms with Crippen molar-refractivity contribution in [3.05, 3.63) is 0 Å². The fourth-order valence-corrected chi connectivity index (χ4v) is 7.31. The Morgan fingerprint density at radius 2 is 1.86 bits per heavy atom. The molecule has 29 heavy (non-hydrogen) atoms. The van der Waals surface area contributed by atoms with Gasteiger partial charge in [0.15, 0.2) is 6.10 Å². The van der Waals surface area contributed by atoms with Gasteiger partial charge in [0.2, 0.25) is 6.29 Å². The molecule has 4 aliphatic heterocycles. The maximum absolute atomic E-state index is 12.8. The van der Waals surface area contributed by atoms with E-state index >= 15 is 0 Å². The molecule has 1 aliphatic carbocycles. The first-order valence-electron chi connectivity index (χ1n) is 10.5. The lowest BCUT2D eigenvalue weighted by molar-refractivity contribution is -0.181. The number of esters is 2. The van der Waals surface area contributed by atoms with Crippen LogP contribution in [0.4, 0.5) is 0 Å². The summed E-state index contributed by atoms with van der Waals surface area (Å²) in [6.07, 6.45) is -5.86. The van der Waals surface area contributed by atoms with Gasteiger partial charge in [0.1, 0.15) is 6.10 Å². The number of hydrogen-bond donors (Lipinski definition) is 2. The summed E-state index contributed by atoms with van der Waals surface area (Å²) in [5.74, 6) is -1.27. The van der Waals surface area contributed by atoms with Gasteiger partial charge in [-0.3, -0.25) is 4.79 Å². The number of carbonyl (C=O) groups excluding carboxylic acids is 2. The predicted octanol–water partition coefficient (Wildman–Crippen LogP) is 0.625. The second-order valence-corrected chi connectivity index (χ2v) is 10.8. The first kappa shape index (κ1) is 19.7. The van der Waals surface area contributed by atoms with Gasteiger partial charge < -0.3 is 29.2 Å². The molecule has 0 aromatic heterocycles. The average molecular weight is 410 g/mol. The highest BCUT2D eigenvalue weighted by Gasteiger charge is 2.90. The van der Waals surface area contributed by atoms with Gasteiger partial charge in [0.05, 0.1) is 35.6 Å². The van der Waals surface area contributed by atoms with E-state index < -0.39 is 70.9 Å². The maximum atomic E-state index is 12.8. The zero-order valence-electron chi connectivity index (χ0n) is 17.5. The second-order valence-electron chi connectivity index (χ2n) is 10.8. The average Bonchev–Trinajstić information content (AvgIpc) is 3.31. The monoisotopic (exact) mass is 410 g/mol. The van der Waals surface area contributed by atoms with Crippen LogP contribution in [0.5, 0.6) is 0 Å². The Morgan fingerprint density at radius 1 is 1.17 bits per heavy atom. The highest BCUT2D eigenvalue weighted by Crippen LogP contribution is 2.76. The summed E-state index contributed by atoms with van der Waals surface area (Å²) in [4.78, 5) is 25.2. The molecular weight excluding hydrogens is 380 g/mol. The molecule has 0 bridgehead atoms. The Morgan fingerprint density at radius 3 is 2.45 bits per heavy atom. The lowest BCUT2D eigenvalue weighted by Crippen LogP contribution is -2.60. The van der Waals surface area contributed by atoms with E-state index in [4.69, 9.17) is 18.9 Å². The van der Waals surface area contributed by atoms with Gasteiger partial charge in [-0.15, -0.1) is 0 Å². The van der Waals surface area contributed by atoms with Crippen LogP contribution in [0.25, 0.3) is 0 Å². The first-order chi connectivity index (χ1) is 13.5. The topological polar surface area (TPSA) is 112 Å². The van der Waals surface area contributed by atoms with E-state index in [1.165, 1.54) is 0 Å². The number of hydrogen-bond acceptors (Lipinski definition) is 8. The normalized spacial score (nSPS) is 54.3. The molecule has 2 N–H and O–H groups in total. The van der Waals surface area contributed by atoms with E-state index in [1.807, 2.05) is 27.7 Å². The van der Waals surface area contributed by atoms with Crippen LogP contribution in [0.1, 0.15) is 41.0 Å². The lowest BCUT2D eigenvalue weighted by atomic mass is 9.53. The number of ether oxygens (including phenoxy) is 4. The SMILES string of the molecule is CC1C([C@H](O)C23C4OC5OC(=O)CC52[C@H](C(C)(C)C)[C@@H](O)C3OC4=O)OC[C@H]1C. The molecule has 8 heteroatoms. The van der Waals surface area contributed by atoms with Gasteiger partial charge in [0, 0.05) is 12.5 Å². The molecule has 0 aromatic rings. The number of aliphatic hydroxyl groups excluding tert-OH is 2. The maximum Gasteiger partial charge on any atom is 0.336 e. The molecule has 4 saturated heterocycles. The molecule has 11 atom stereocenters. The molecule has 0 aromatic carbocycles. The van der Waals surface area contributed by atoms with Crippen molar-refractivity contribution in [2.75, 3.05) is 6.61 Å². The minimum absolute atomic E-state index is 0.0337. The van der Waals surface area contributed by atoms with Crippen LogP contribution >= 0.6 is 0 Å². The molecule has 0 amide bonds. The summed E-state index contributed by atoms with van der Waals surface area (Å²) >= 11 is 0. The zero-order valence-corrected chi connectivity index (χ0v) is 17.5. The Labute approximate surface area is 169 Å². The van der Waals surface area contributed by atoms with E-state index in [1.54, 1.807) is 0 Å². The third kappa shape index (κ3) is 2.04. The summed E-state index contributed by atoms with van der Waals surface area (Å²) in [6.45, 7) is 10.5. The second kappa shape index (κ2) is 5.72. The van der Waals surface area contributed by atoms with Gasteiger partial charge in [-0.25, -0.2) is 4.79 Å². The third-order valence-corrected chi connectivity index (χ3v) is 8.43. The molecule has 1 saturated carbocycles. The molecule has 0 radical (unpaired) electrons. The van der Waals surface area contributed by atoms with Crippen molar-refractivity contribution in [2.45, 2.75) is 77.8 Å². The van der Waals surface area contributed by atoms with E-state index in [9.17, 15) is 19.8 Å². The summed E-state index contributed by atoms with van der Waals surface area (Å²) < 4.78 is 23.1. The van der Waals surface area contributed by atoms with E-state index in [2.05, 4.69) is 6.92 Å². The number of aliphatic hydroxyl groups is 2. The van der Waals surface area contributed by atoms with Crippen LogP contribution in [0.3, 0.4) is 0 Å². The highest BCUT2D eigenvalue weighted by atomic mass is 16.7. The molecule has 1 spiro atoms.